The van der Waals surface area contributed by atoms with Crippen LogP contribution in [0.15, 0.2) is 182 Å². The molecule has 6 aromatic carbocycles. The summed E-state index contributed by atoms with van der Waals surface area (Å²) in [4.78, 5) is 35.2. The number of aldehydes is 1. The van der Waals surface area contributed by atoms with E-state index in [1.807, 2.05) is 185 Å². The molecule has 0 aliphatic carbocycles. The monoisotopic (exact) mass is 1230 g/mol. The second-order valence-corrected chi connectivity index (χ2v) is 22.3. The number of hydrogen-bond donors (Lipinski definition) is 1. The number of rotatable bonds is 14. The second-order valence-electron chi connectivity index (χ2n) is 21.1. The number of aromatic nitrogens is 3. The molecule has 1 N–H and O–H groups in total. The van der Waals surface area contributed by atoms with E-state index in [2.05, 4.69) is 46.6 Å². The minimum atomic E-state index is -0.0187. The summed E-state index contributed by atoms with van der Waals surface area (Å²) in [5.74, 6) is 1.95. The van der Waals surface area contributed by atoms with Gasteiger partial charge in [0, 0.05) is 138 Å². The van der Waals surface area contributed by atoms with Gasteiger partial charge < -0.3 is 35.4 Å². The SMILES string of the molecule is C.Cc1ccc(O[C@H]2CCN(c3ccc(-c4ccccc4Cl)cc3C=O)C2)nc1.Cc1ccc(O[C@H]2CCN(c3ccc(-c4ccccc4Cl)cc3CO)C2)nc1.[B].[C-]#[N+]c1cc(-c2ccccc2Cl)ccc1N1CC[C@H](Oc2ccc(C)cn2)C1.[H-].[Na+]. The van der Waals surface area contributed by atoms with Gasteiger partial charge in [-0.25, -0.2) is 19.8 Å². The first-order valence-corrected chi connectivity index (χ1v) is 29.2. The van der Waals surface area contributed by atoms with E-state index in [0.29, 0.717) is 44.0 Å². The van der Waals surface area contributed by atoms with Gasteiger partial charge in [0.25, 0.3) is 0 Å². The van der Waals surface area contributed by atoms with Crippen LogP contribution >= 0.6 is 34.8 Å². The van der Waals surface area contributed by atoms with Crippen molar-refractivity contribution in [3.8, 4) is 51.0 Å². The number of aliphatic hydroxyl groups is 1. The molecule has 0 unspecified atom stereocenters. The van der Waals surface area contributed by atoms with Crippen LogP contribution in [0.5, 0.6) is 17.6 Å². The summed E-state index contributed by atoms with van der Waals surface area (Å²) in [6.07, 6.45) is 9.27. The Morgan fingerprint density at radius 2 is 0.908 bits per heavy atom. The van der Waals surface area contributed by atoms with Crippen LogP contribution < -0.4 is 58.5 Å². The molecule has 9 aromatic rings. The molecule has 3 atom stereocenters. The van der Waals surface area contributed by atoms with E-state index in [1.165, 1.54) is 0 Å². The molecule has 3 aromatic heterocycles. The Bertz CT molecular complexity index is 3770. The Morgan fingerprint density at radius 3 is 1.29 bits per heavy atom. The maximum absolute atomic E-state index is 11.8. The molecule has 3 fully saturated rings. The zero-order valence-electron chi connectivity index (χ0n) is 49.6. The van der Waals surface area contributed by atoms with Crippen molar-refractivity contribution in [2.45, 2.75) is 72.4 Å². The number of anilines is 3. The molecule has 12 rings (SSSR count). The molecular formula is C70H69BCl3N7NaO5. The number of hydrogen-bond acceptors (Lipinski definition) is 11. The average Bonchev–Trinajstić information content (AvgIpc) is 4.02. The Kier molecular flexibility index (Phi) is 24.7. The Morgan fingerprint density at radius 1 is 0.540 bits per heavy atom. The van der Waals surface area contributed by atoms with Crippen LogP contribution in [0.3, 0.4) is 0 Å². The third kappa shape index (κ3) is 17.2. The summed E-state index contributed by atoms with van der Waals surface area (Å²) in [5.41, 5.74) is 14.2. The number of ether oxygens (including phenoxy) is 3. The number of carbonyl (C=O) groups excluding carboxylic acids is 1. The third-order valence-corrected chi connectivity index (χ3v) is 16.0. The van der Waals surface area contributed by atoms with Gasteiger partial charge in [0.15, 0.2) is 6.29 Å². The van der Waals surface area contributed by atoms with Crippen LogP contribution in [0, 0.1) is 27.3 Å². The first-order valence-electron chi connectivity index (χ1n) is 28.0. The van der Waals surface area contributed by atoms with Crippen LogP contribution in [0.25, 0.3) is 38.2 Å². The van der Waals surface area contributed by atoms with Gasteiger partial charge in [-0.15, -0.1) is 0 Å². The molecular weight excluding hydrogens is 1160 g/mol. The van der Waals surface area contributed by atoms with Gasteiger partial charge in [0.2, 0.25) is 23.3 Å². The zero-order valence-corrected chi connectivity index (χ0v) is 52.9. The summed E-state index contributed by atoms with van der Waals surface area (Å²) in [6.45, 7) is 18.4. The Labute approximate surface area is 552 Å². The fourth-order valence-electron chi connectivity index (χ4n) is 10.6. The maximum atomic E-state index is 11.8. The van der Waals surface area contributed by atoms with Crippen molar-refractivity contribution in [3.63, 3.8) is 0 Å². The fraction of sp³-hybridized carbons (Fsp3) is 0.243. The van der Waals surface area contributed by atoms with Crippen LogP contribution in [-0.2, 0) is 6.61 Å². The first-order chi connectivity index (χ1) is 40.9. The predicted octanol–water partition coefficient (Wildman–Crippen LogP) is 13.3. The summed E-state index contributed by atoms with van der Waals surface area (Å²) in [5, 5.41) is 12.0. The number of halogens is 3. The smallest absolute Gasteiger partial charge is 1.00 e. The molecule has 439 valence electrons. The van der Waals surface area contributed by atoms with Crippen molar-refractivity contribution < 1.29 is 55.1 Å². The van der Waals surface area contributed by atoms with Crippen LogP contribution in [0.4, 0.5) is 22.7 Å². The predicted molar refractivity (Wildman–Crippen MR) is 352 cm³/mol. The van der Waals surface area contributed by atoms with Gasteiger partial charge in [-0.05, 0) is 114 Å². The Balaban J connectivity index is 0.000000206. The van der Waals surface area contributed by atoms with E-state index in [-0.39, 0.29) is 71.7 Å². The molecule has 3 radical (unpaired) electrons. The van der Waals surface area contributed by atoms with Gasteiger partial charge >= 0.3 is 29.6 Å². The normalized spacial score (nSPS) is 15.7. The summed E-state index contributed by atoms with van der Waals surface area (Å²) in [6, 6.07) is 52.8. The topological polar surface area (TPSA) is 118 Å². The van der Waals surface area contributed by atoms with Gasteiger partial charge in [0.05, 0.1) is 32.8 Å². The molecule has 3 aliphatic heterocycles. The molecule has 12 nitrogen and oxygen atoms in total. The van der Waals surface area contributed by atoms with Crippen LogP contribution in [-0.4, -0.2) is 92.3 Å². The molecule has 0 saturated carbocycles. The number of carbonyl (C=O) groups is 1. The molecule has 0 spiro atoms. The van der Waals surface area contributed by atoms with Crippen LogP contribution in [0.1, 0.15) is 60.7 Å². The standard InChI is InChI=1S/C23H20ClN3O.C23H23ClN2O2.C23H21ClN2O2.CH4.B.Na.H/c1-16-7-10-23(26-14-16)28-18-11-12-27(15-18)22-9-8-17(13-21(22)25-2)19-5-3-4-6-20(19)24;2*1-16-6-9-23(25-13-16)28-19-10-11-26(14-19)22-8-7-17(12-18(22)15-27)20-4-2-3-5-21(20)24;;;;/h3-10,13-14,18H,11-12,15H2,1H3;2-9,12-13,19,27H,10-11,14-15H2,1H3;2-9,12-13,15,19H,10-11,14H2,1H3;1H4;;;/q;;;;;+1;-1/t18-;2*19-;;;;/m000..../s1. The summed E-state index contributed by atoms with van der Waals surface area (Å²) in [7, 11) is 0. The van der Waals surface area contributed by atoms with Crippen molar-refractivity contribution in [2.75, 3.05) is 54.0 Å². The fourth-order valence-corrected chi connectivity index (χ4v) is 11.4. The van der Waals surface area contributed by atoms with Gasteiger partial charge in [-0.2, -0.15) is 0 Å². The van der Waals surface area contributed by atoms with Gasteiger partial charge in [0.1, 0.15) is 18.3 Å². The number of aliphatic hydroxyl groups excluding tert-OH is 1. The average molecular weight is 1230 g/mol. The van der Waals surface area contributed by atoms with Crippen molar-refractivity contribution in [1.82, 2.24) is 15.0 Å². The molecule has 17 heteroatoms. The van der Waals surface area contributed by atoms with E-state index >= 15 is 0 Å². The van der Waals surface area contributed by atoms with E-state index in [9.17, 15) is 9.90 Å². The van der Waals surface area contributed by atoms with E-state index in [1.54, 1.807) is 6.20 Å². The quantitative estimate of drug-likeness (QED) is 0.0637. The molecule has 0 amide bonds. The minimum absolute atomic E-state index is 0. The van der Waals surface area contributed by atoms with Crippen molar-refractivity contribution in [3.05, 3.63) is 237 Å². The molecule has 3 aliphatic rings. The number of benzene rings is 6. The molecule has 3 saturated heterocycles. The van der Waals surface area contributed by atoms with E-state index in [0.717, 1.165) is 138 Å². The molecule has 6 heterocycles. The van der Waals surface area contributed by atoms with Crippen molar-refractivity contribution in [1.29, 1.82) is 0 Å². The van der Waals surface area contributed by atoms with Gasteiger partial charge in [-0.1, -0.05) is 133 Å². The van der Waals surface area contributed by atoms with E-state index < -0.39 is 0 Å². The first kappa shape index (κ1) is 67.1. The van der Waals surface area contributed by atoms with E-state index in [4.69, 9.17) is 55.6 Å². The number of pyridine rings is 3. The molecule has 0 bridgehead atoms. The second kappa shape index (κ2) is 32.0. The summed E-state index contributed by atoms with van der Waals surface area (Å²) < 4.78 is 18.1. The van der Waals surface area contributed by atoms with Crippen molar-refractivity contribution in [2.24, 2.45) is 0 Å². The van der Waals surface area contributed by atoms with Crippen LogP contribution in [0.2, 0.25) is 15.1 Å². The summed E-state index contributed by atoms with van der Waals surface area (Å²) >= 11 is 19.0. The maximum Gasteiger partial charge on any atom is 1.00 e. The van der Waals surface area contributed by atoms with Crippen molar-refractivity contribution >= 4 is 72.3 Å². The molecule has 87 heavy (non-hydrogen) atoms. The largest absolute Gasteiger partial charge is 1.00 e. The van der Waals surface area contributed by atoms with Gasteiger partial charge in [-0.3, -0.25) is 4.79 Å². The Hall–Kier alpha value is -7.38. The zero-order chi connectivity index (χ0) is 58.5. The number of nitrogens with zero attached hydrogens (tertiary/aromatic N) is 7. The third-order valence-electron chi connectivity index (χ3n) is 15.0. The number of aryl methyl sites for hydroxylation is 3. The minimum Gasteiger partial charge on any atom is -1.00 e.